The molecule has 0 aliphatic carbocycles. The van der Waals surface area contributed by atoms with E-state index in [0.29, 0.717) is 12.1 Å². The van der Waals surface area contributed by atoms with Gasteiger partial charge in [0.1, 0.15) is 5.75 Å². The number of ether oxygens (including phenoxy) is 1. The van der Waals surface area contributed by atoms with E-state index in [1.807, 2.05) is 12.1 Å². The van der Waals surface area contributed by atoms with Gasteiger partial charge in [-0.2, -0.15) is 0 Å². The fourth-order valence-corrected chi connectivity index (χ4v) is 3.10. The molecular weight excluding hydrogens is 284 g/mol. The average molecular weight is 311 g/mol. The van der Waals surface area contributed by atoms with Crippen molar-refractivity contribution in [2.45, 2.75) is 46.2 Å². The topological polar surface area (TPSA) is 24.5 Å². The van der Waals surface area contributed by atoms with Gasteiger partial charge in [-0.15, -0.1) is 0 Å². The summed E-state index contributed by atoms with van der Waals surface area (Å²) in [7, 11) is 1.69. The van der Waals surface area contributed by atoms with E-state index in [1.165, 1.54) is 0 Å². The smallest absolute Gasteiger partial charge is 0.121 e. The van der Waals surface area contributed by atoms with E-state index < -0.39 is 0 Å². The Morgan fingerprint density at radius 2 is 2.10 bits per heavy atom. The number of piperazine rings is 1. The summed E-state index contributed by atoms with van der Waals surface area (Å²) in [5.41, 5.74) is 1.31. The molecule has 2 rings (SSSR count). The molecule has 1 N–H and O–H groups in total. The Hall–Kier alpha value is -0.930. The highest BCUT2D eigenvalue weighted by molar-refractivity contribution is 6.33. The lowest BCUT2D eigenvalue weighted by Crippen LogP contribution is -2.60. The lowest BCUT2D eigenvalue weighted by atomic mass is 9.84. The van der Waals surface area contributed by atoms with Gasteiger partial charge in [-0.1, -0.05) is 39.3 Å². The normalized spacial score (nSPS) is 23.2. The monoisotopic (exact) mass is 310 g/mol. The maximum absolute atomic E-state index is 6.45. The molecule has 1 aromatic carbocycles. The molecule has 4 heteroatoms. The average Bonchev–Trinajstić information content (AvgIpc) is 2.46. The van der Waals surface area contributed by atoms with Crippen LogP contribution < -0.4 is 15.0 Å². The predicted octanol–water partition coefficient (Wildman–Crippen LogP) is 3.95. The lowest BCUT2D eigenvalue weighted by Gasteiger charge is -2.46. The predicted molar refractivity (Wildman–Crippen MR) is 90.7 cm³/mol. The van der Waals surface area contributed by atoms with Crippen molar-refractivity contribution >= 4 is 17.3 Å². The molecule has 2 unspecified atom stereocenters. The summed E-state index contributed by atoms with van der Waals surface area (Å²) in [4.78, 5) is 2.44. The first kappa shape index (κ1) is 16.4. The SMILES string of the molecule is CCC1CNC(C(C)(C)C)CN1c1cc(OC)ccc1Cl. The van der Waals surface area contributed by atoms with Crippen molar-refractivity contribution in [1.29, 1.82) is 0 Å². The van der Waals surface area contributed by atoms with Crippen LogP contribution >= 0.6 is 11.6 Å². The second-order valence-electron chi connectivity index (χ2n) is 6.86. The van der Waals surface area contributed by atoms with Crippen LogP contribution in [0.5, 0.6) is 5.75 Å². The minimum atomic E-state index is 0.225. The third kappa shape index (κ3) is 3.64. The van der Waals surface area contributed by atoms with E-state index in [4.69, 9.17) is 16.3 Å². The zero-order chi connectivity index (χ0) is 15.6. The number of hydrogen-bond donors (Lipinski definition) is 1. The number of benzene rings is 1. The molecule has 1 fully saturated rings. The van der Waals surface area contributed by atoms with E-state index in [-0.39, 0.29) is 5.41 Å². The number of hydrogen-bond acceptors (Lipinski definition) is 3. The summed E-state index contributed by atoms with van der Waals surface area (Å²) < 4.78 is 5.36. The summed E-state index contributed by atoms with van der Waals surface area (Å²) in [5.74, 6) is 0.857. The van der Waals surface area contributed by atoms with Gasteiger partial charge in [-0.3, -0.25) is 0 Å². The Bertz CT molecular complexity index is 484. The van der Waals surface area contributed by atoms with Gasteiger partial charge in [0.25, 0.3) is 0 Å². The maximum atomic E-state index is 6.45. The van der Waals surface area contributed by atoms with Crippen molar-refractivity contribution in [3.63, 3.8) is 0 Å². The summed E-state index contributed by atoms with van der Waals surface area (Å²) >= 11 is 6.45. The minimum Gasteiger partial charge on any atom is -0.497 e. The highest BCUT2D eigenvalue weighted by atomic mass is 35.5. The van der Waals surface area contributed by atoms with Crippen LogP contribution in [0.2, 0.25) is 5.02 Å². The van der Waals surface area contributed by atoms with Crippen molar-refractivity contribution < 1.29 is 4.74 Å². The third-order valence-electron chi connectivity index (χ3n) is 4.40. The molecule has 1 heterocycles. The molecule has 3 nitrogen and oxygen atoms in total. The largest absolute Gasteiger partial charge is 0.497 e. The summed E-state index contributed by atoms with van der Waals surface area (Å²) in [6, 6.07) is 6.80. The Morgan fingerprint density at radius 1 is 1.38 bits per heavy atom. The molecule has 0 bridgehead atoms. The molecule has 1 aromatic rings. The number of nitrogens with one attached hydrogen (secondary N) is 1. The van der Waals surface area contributed by atoms with Gasteiger partial charge in [-0.05, 0) is 24.0 Å². The second-order valence-corrected chi connectivity index (χ2v) is 7.27. The summed E-state index contributed by atoms with van der Waals surface area (Å²) in [6.07, 6.45) is 1.09. The first-order valence-electron chi connectivity index (χ1n) is 7.70. The van der Waals surface area contributed by atoms with Gasteiger partial charge in [-0.25, -0.2) is 0 Å². The van der Waals surface area contributed by atoms with Crippen molar-refractivity contribution in [2.24, 2.45) is 5.41 Å². The van der Waals surface area contributed by atoms with E-state index in [9.17, 15) is 0 Å². The molecule has 1 saturated heterocycles. The van der Waals surface area contributed by atoms with Crippen LogP contribution in [0.25, 0.3) is 0 Å². The molecule has 118 valence electrons. The maximum Gasteiger partial charge on any atom is 0.121 e. The molecule has 2 atom stereocenters. The highest BCUT2D eigenvalue weighted by Gasteiger charge is 2.34. The third-order valence-corrected chi connectivity index (χ3v) is 4.72. The quantitative estimate of drug-likeness (QED) is 0.915. The fourth-order valence-electron chi connectivity index (χ4n) is 2.88. The van der Waals surface area contributed by atoms with Gasteiger partial charge in [0.15, 0.2) is 0 Å². The molecule has 0 spiro atoms. The zero-order valence-corrected chi connectivity index (χ0v) is 14.5. The first-order chi connectivity index (χ1) is 9.86. The van der Waals surface area contributed by atoms with Crippen LogP contribution in [0.1, 0.15) is 34.1 Å². The molecule has 1 aliphatic heterocycles. The molecule has 0 amide bonds. The molecule has 0 saturated carbocycles. The fraction of sp³-hybridized carbons (Fsp3) is 0.647. The van der Waals surface area contributed by atoms with Crippen LogP contribution in [-0.2, 0) is 0 Å². The Balaban J connectivity index is 2.33. The first-order valence-corrected chi connectivity index (χ1v) is 8.08. The molecule has 0 radical (unpaired) electrons. The standard InChI is InChI=1S/C17H27ClN2O/c1-6-12-10-19-16(17(2,3)4)11-20(12)15-9-13(21-5)7-8-14(15)18/h7-9,12,16,19H,6,10-11H2,1-5H3. The number of methoxy groups -OCH3 is 1. The van der Waals surface area contributed by atoms with Crippen LogP contribution in [0, 0.1) is 5.41 Å². The minimum absolute atomic E-state index is 0.225. The van der Waals surface area contributed by atoms with Crippen LogP contribution in [0.4, 0.5) is 5.69 Å². The van der Waals surface area contributed by atoms with Crippen molar-refractivity contribution in [3.8, 4) is 5.75 Å². The Morgan fingerprint density at radius 3 is 2.67 bits per heavy atom. The molecular formula is C17H27ClN2O. The molecule has 1 aliphatic rings. The van der Waals surface area contributed by atoms with E-state index in [0.717, 1.165) is 36.0 Å². The van der Waals surface area contributed by atoms with Gasteiger partial charge in [0, 0.05) is 31.2 Å². The number of halogens is 1. The molecule has 21 heavy (non-hydrogen) atoms. The number of rotatable bonds is 3. The number of anilines is 1. The van der Waals surface area contributed by atoms with Crippen LogP contribution in [0.3, 0.4) is 0 Å². The van der Waals surface area contributed by atoms with Crippen molar-refractivity contribution in [3.05, 3.63) is 23.2 Å². The van der Waals surface area contributed by atoms with E-state index in [2.05, 4.69) is 44.0 Å². The Kier molecular flexibility index (Phi) is 5.05. The van der Waals surface area contributed by atoms with Crippen LogP contribution in [0.15, 0.2) is 18.2 Å². The summed E-state index contributed by atoms with van der Waals surface area (Å²) in [6.45, 7) is 11.0. The zero-order valence-electron chi connectivity index (χ0n) is 13.7. The van der Waals surface area contributed by atoms with E-state index in [1.54, 1.807) is 7.11 Å². The highest BCUT2D eigenvalue weighted by Crippen LogP contribution is 2.34. The summed E-state index contributed by atoms with van der Waals surface area (Å²) in [5, 5.41) is 4.49. The lowest BCUT2D eigenvalue weighted by molar-refractivity contribution is 0.233. The van der Waals surface area contributed by atoms with Crippen LogP contribution in [-0.4, -0.2) is 32.3 Å². The van der Waals surface area contributed by atoms with Gasteiger partial charge >= 0.3 is 0 Å². The number of nitrogens with zero attached hydrogens (tertiary/aromatic N) is 1. The molecule has 0 aromatic heterocycles. The second kappa shape index (κ2) is 6.45. The Labute approximate surface area is 133 Å². The van der Waals surface area contributed by atoms with Gasteiger partial charge in [0.05, 0.1) is 17.8 Å². The van der Waals surface area contributed by atoms with Crippen molar-refractivity contribution in [2.75, 3.05) is 25.1 Å². The van der Waals surface area contributed by atoms with E-state index >= 15 is 0 Å². The van der Waals surface area contributed by atoms with Crippen molar-refractivity contribution in [1.82, 2.24) is 5.32 Å². The van der Waals surface area contributed by atoms with Gasteiger partial charge < -0.3 is 15.0 Å². The van der Waals surface area contributed by atoms with Gasteiger partial charge in [0.2, 0.25) is 0 Å².